The van der Waals surface area contributed by atoms with E-state index in [0.717, 1.165) is 15.6 Å². The third-order valence-electron chi connectivity index (χ3n) is 2.95. The predicted molar refractivity (Wildman–Crippen MR) is 82.1 cm³/mol. The Bertz CT molecular complexity index is 699. The number of nitrogens with one attached hydrogen (secondary N) is 1. The van der Waals surface area contributed by atoms with E-state index >= 15 is 0 Å². The Morgan fingerprint density at radius 3 is 2.86 bits per heavy atom. The topological polar surface area (TPSA) is 97.1 Å². The predicted octanol–water partition coefficient (Wildman–Crippen LogP) is 1.29. The summed E-state index contributed by atoms with van der Waals surface area (Å²) in [5.41, 5.74) is 2.53. The van der Waals surface area contributed by atoms with Gasteiger partial charge in [-0.05, 0) is 24.1 Å². The molecule has 1 heterocycles. The van der Waals surface area contributed by atoms with Gasteiger partial charge in [0.1, 0.15) is 12.2 Å². The molecule has 0 saturated heterocycles. The molecule has 2 N–H and O–H groups in total. The zero-order valence-corrected chi connectivity index (χ0v) is 13.5. The Morgan fingerprint density at radius 2 is 2.18 bits per heavy atom. The second-order valence-corrected chi connectivity index (χ2v) is 5.69. The summed E-state index contributed by atoms with van der Waals surface area (Å²) in [6.45, 7) is 1.94. The van der Waals surface area contributed by atoms with Crippen LogP contribution in [0.5, 0.6) is 0 Å². The van der Waals surface area contributed by atoms with Crippen molar-refractivity contribution in [2.75, 3.05) is 0 Å². The fourth-order valence-electron chi connectivity index (χ4n) is 1.82. The first kappa shape index (κ1) is 16.2. The van der Waals surface area contributed by atoms with Crippen LogP contribution in [0, 0.1) is 6.92 Å². The third kappa shape index (κ3) is 4.66. The standard InChI is InChI=1S/C14H15BrN4O3/c1-9-2-3-10(4-12(9)15)5-13(20)16-6-11-7-19(18-17-11)8-14(21)22/h2-4,7H,5-6,8H2,1H3,(H,16,20)(H,21,22). The summed E-state index contributed by atoms with van der Waals surface area (Å²) in [5.74, 6) is -1.13. The lowest BCUT2D eigenvalue weighted by atomic mass is 10.1. The van der Waals surface area contributed by atoms with Crippen molar-refractivity contribution < 1.29 is 14.7 Å². The minimum atomic E-state index is -0.995. The van der Waals surface area contributed by atoms with Gasteiger partial charge in [-0.1, -0.05) is 33.3 Å². The molecule has 1 aromatic carbocycles. The minimum absolute atomic E-state index is 0.136. The lowest BCUT2D eigenvalue weighted by molar-refractivity contribution is -0.138. The number of aryl methyl sites for hydroxylation is 1. The smallest absolute Gasteiger partial charge is 0.325 e. The van der Waals surface area contributed by atoms with Crippen LogP contribution in [0.25, 0.3) is 0 Å². The Hall–Kier alpha value is -2.22. The summed E-state index contributed by atoms with van der Waals surface area (Å²) in [5, 5.41) is 18.8. The number of carbonyl (C=O) groups is 2. The largest absolute Gasteiger partial charge is 0.480 e. The molecule has 7 nitrogen and oxygen atoms in total. The number of nitrogens with zero attached hydrogens (tertiary/aromatic N) is 3. The van der Waals surface area contributed by atoms with Crippen LogP contribution < -0.4 is 5.32 Å². The third-order valence-corrected chi connectivity index (χ3v) is 3.81. The summed E-state index contributed by atoms with van der Waals surface area (Å²) in [4.78, 5) is 22.4. The lowest BCUT2D eigenvalue weighted by Crippen LogP contribution is -2.24. The molecule has 1 amide bonds. The molecule has 0 unspecified atom stereocenters. The van der Waals surface area contributed by atoms with E-state index in [4.69, 9.17) is 5.11 Å². The highest BCUT2D eigenvalue weighted by Crippen LogP contribution is 2.17. The van der Waals surface area contributed by atoms with Gasteiger partial charge in [0.15, 0.2) is 0 Å². The van der Waals surface area contributed by atoms with Crippen LogP contribution in [0.3, 0.4) is 0 Å². The summed E-state index contributed by atoms with van der Waals surface area (Å²) >= 11 is 3.43. The Balaban J connectivity index is 1.85. The second-order valence-electron chi connectivity index (χ2n) is 4.84. The highest BCUT2D eigenvalue weighted by molar-refractivity contribution is 9.10. The number of benzene rings is 1. The second kappa shape index (κ2) is 7.17. The molecule has 22 heavy (non-hydrogen) atoms. The quantitative estimate of drug-likeness (QED) is 0.802. The first-order valence-electron chi connectivity index (χ1n) is 6.56. The van der Waals surface area contributed by atoms with Gasteiger partial charge in [-0.25, -0.2) is 4.68 Å². The SMILES string of the molecule is Cc1ccc(CC(=O)NCc2cn(CC(=O)O)nn2)cc1Br. The number of amides is 1. The molecule has 0 spiro atoms. The zero-order chi connectivity index (χ0) is 16.1. The van der Waals surface area contributed by atoms with E-state index in [0.29, 0.717) is 5.69 Å². The first-order valence-corrected chi connectivity index (χ1v) is 7.36. The number of carboxylic acid groups (broad SMARTS) is 1. The van der Waals surface area contributed by atoms with E-state index in [2.05, 4.69) is 31.6 Å². The minimum Gasteiger partial charge on any atom is -0.480 e. The van der Waals surface area contributed by atoms with Gasteiger partial charge >= 0.3 is 5.97 Å². The number of carbonyl (C=O) groups excluding carboxylic acids is 1. The molecule has 0 bridgehead atoms. The van der Waals surface area contributed by atoms with Gasteiger partial charge in [0.25, 0.3) is 0 Å². The van der Waals surface area contributed by atoms with Crippen molar-refractivity contribution in [3.05, 3.63) is 45.7 Å². The molecule has 0 fully saturated rings. The van der Waals surface area contributed by atoms with Crippen molar-refractivity contribution in [3.8, 4) is 0 Å². The van der Waals surface area contributed by atoms with Crippen LogP contribution in [-0.2, 0) is 29.1 Å². The van der Waals surface area contributed by atoms with E-state index in [1.807, 2.05) is 25.1 Å². The molecule has 0 aliphatic rings. The molecule has 0 atom stereocenters. The highest BCUT2D eigenvalue weighted by Gasteiger charge is 2.08. The average Bonchev–Trinajstić information content (AvgIpc) is 2.87. The molecule has 8 heteroatoms. The van der Waals surface area contributed by atoms with Crippen molar-refractivity contribution in [2.24, 2.45) is 0 Å². The van der Waals surface area contributed by atoms with E-state index in [-0.39, 0.29) is 25.4 Å². The van der Waals surface area contributed by atoms with Gasteiger partial charge in [-0.2, -0.15) is 0 Å². The Morgan fingerprint density at radius 1 is 1.41 bits per heavy atom. The maximum Gasteiger partial charge on any atom is 0.325 e. The van der Waals surface area contributed by atoms with Crippen LogP contribution in [-0.4, -0.2) is 32.0 Å². The molecular formula is C14H15BrN4O3. The summed E-state index contributed by atoms with van der Waals surface area (Å²) in [6, 6.07) is 5.77. The maximum atomic E-state index is 11.9. The zero-order valence-electron chi connectivity index (χ0n) is 11.9. The van der Waals surface area contributed by atoms with Gasteiger partial charge in [-0.3, -0.25) is 9.59 Å². The van der Waals surface area contributed by atoms with E-state index in [1.165, 1.54) is 10.9 Å². The van der Waals surface area contributed by atoms with Crippen molar-refractivity contribution >= 4 is 27.8 Å². The summed E-state index contributed by atoms with van der Waals surface area (Å²) in [6.07, 6.45) is 1.76. The van der Waals surface area contributed by atoms with Crippen LogP contribution >= 0.6 is 15.9 Å². The van der Waals surface area contributed by atoms with Gasteiger partial charge in [0.05, 0.1) is 19.2 Å². The molecule has 0 radical (unpaired) electrons. The van der Waals surface area contributed by atoms with Crippen molar-refractivity contribution in [2.45, 2.75) is 26.4 Å². The molecule has 116 valence electrons. The Kier molecular flexibility index (Phi) is 5.26. The molecule has 2 rings (SSSR count). The lowest BCUT2D eigenvalue weighted by Gasteiger charge is -2.05. The molecular weight excluding hydrogens is 352 g/mol. The first-order chi connectivity index (χ1) is 10.4. The summed E-state index contributed by atoms with van der Waals surface area (Å²) in [7, 11) is 0. The number of aliphatic carboxylic acids is 1. The van der Waals surface area contributed by atoms with Crippen LogP contribution in [0.15, 0.2) is 28.9 Å². The molecule has 2 aromatic rings. The monoisotopic (exact) mass is 366 g/mol. The van der Waals surface area contributed by atoms with Crippen LogP contribution in [0.4, 0.5) is 0 Å². The summed E-state index contributed by atoms with van der Waals surface area (Å²) < 4.78 is 2.18. The maximum absolute atomic E-state index is 11.9. The highest BCUT2D eigenvalue weighted by atomic mass is 79.9. The van der Waals surface area contributed by atoms with Crippen molar-refractivity contribution in [1.82, 2.24) is 20.3 Å². The normalized spacial score (nSPS) is 10.5. The van der Waals surface area contributed by atoms with E-state index in [9.17, 15) is 9.59 Å². The average molecular weight is 367 g/mol. The van der Waals surface area contributed by atoms with E-state index in [1.54, 1.807) is 0 Å². The van der Waals surface area contributed by atoms with Gasteiger partial charge < -0.3 is 10.4 Å². The van der Waals surface area contributed by atoms with Gasteiger partial charge in [0.2, 0.25) is 5.91 Å². The van der Waals surface area contributed by atoms with E-state index < -0.39 is 5.97 Å². The van der Waals surface area contributed by atoms with Gasteiger partial charge in [-0.15, -0.1) is 5.10 Å². The Labute approximate surface area is 135 Å². The number of carboxylic acids is 1. The number of hydrogen-bond donors (Lipinski definition) is 2. The molecule has 1 aromatic heterocycles. The fourth-order valence-corrected chi connectivity index (χ4v) is 2.24. The fraction of sp³-hybridized carbons (Fsp3) is 0.286. The van der Waals surface area contributed by atoms with Gasteiger partial charge in [0, 0.05) is 4.47 Å². The number of hydrogen-bond acceptors (Lipinski definition) is 4. The van der Waals surface area contributed by atoms with Crippen molar-refractivity contribution in [1.29, 1.82) is 0 Å². The van der Waals surface area contributed by atoms with Crippen LogP contribution in [0.1, 0.15) is 16.8 Å². The number of halogens is 1. The molecule has 0 aliphatic heterocycles. The van der Waals surface area contributed by atoms with Crippen molar-refractivity contribution in [3.63, 3.8) is 0 Å². The molecule has 0 saturated carbocycles. The number of aromatic nitrogens is 3. The number of rotatable bonds is 6. The van der Waals surface area contributed by atoms with Crippen LogP contribution in [0.2, 0.25) is 0 Å². The molecule has 0 aliphatic carbocycles.